The summed E-state index contributed by atoms with van der Waals surface area (Å²) in [5.74, 6) is 1.69. The molecule has 6 unspecified atom stereocenters. The maximum atomic E-state index is 6.53. The average molecular weight is 405 g/mol. The van der Waals surface area contributed by atoms with Gasteiger partial charge in [-0.15, -0.1) is 11.8 Å². The quantitative estimate of drug-likeness (QED) is 0.573. The lowest BCUT2D eigenvalue weighted by Crippen LogP contribution is -2.66. The highest BCUT2D eigenvalue weighted by molar-refractivity contribution is 7.98. The van der Waals surface area contributed by atoms with Gasteiger partial charge in [0, 0.05) is 29.8 Å². The van der Waals surface area contributed by atoms with Crippen LogP contribution in [0.1, 0.15) is 59.3 Å². The molecule has 2 heterocycles. The van der Waals surface area contributed by atoms with Gasteiger partial charge in [0.25, 0.3) is 0 Å². The average Bonchev–Trinajstić information content (AvgIpc) is 3.03. The molecule has 5 fully saturated rings. The first-order chi connectivity index (χ1) is 13.3. The fourth-order valence-electron chi connectivity index (χ4n) is 7.94. The van der Waals surface area contributed by atoms with Gasteiger partial charge in [0.15, 0.2) is 5.79 Å². The van der Waals surface area contributed by atoms with Crippen LogP contribution >= 0.6 is 11.8 Å². The Hall–Kier alpha value is -0.290. The van der Waals surface area contributed by atoms with Gasteiger partial charge in [0.1, 0.15) is 0 Å². The van der Waals surface area contributed by atoms with E-state index >= 15 is 0 Å². The van der Waals surface area contributed by atoms with Crippen molar-refractivity contribution in [2.75, 3.05) is 25.9 Å². The van der Waals surface area contributed by atoms with Crippen LogP contribution in [0.3, 0.4) is 0 Å². The summed E-state index contributed by atoms with van der Waals surface area (Å²) in [4.78, 5) is 0. The van der Waals surface area contributed by atoms with E-state index in [9.17, 15) is 0 Å². The SMILES string of the molecule is COC12CCC3(CO1)C(=CC=C1C3CCC3(C)C(OCSC)CCC13)C2(C)C. The molecule has 6 aliphatic rings. The molecule has 3 saturated carbocycles. The molecule has 4 heteroatoms. The molecule has 0 N–H and O–H groups in total. The second-order valence-corrected chi connectivity index (χ2v) is 11.4. The molecule has 0 amide bonds. The summed E-state index contributed by atoms with van der Waals surface area (Å²) < 4.78 is 18.8. The molecule has 6 atom stereocenters. The zero-order valence-electron chi connectivity index (χ0n) is 18.2. The van der Waals surface area contributed by atoms with E-state index in [1.165, 1.54) is 32.1 Å². The lowest BCUT2D eigenvalue weighted by atomic mass is 9.45. The molecule has 2 saturated heterocycles. The van der Waals surface area contributed by atoms with Crippen molar-refractivity contribution in [3.8, 4) is 0 Å². The Kier molecular flexibility index (Phi) is 4.46. The standard InChI is InChI=1S/C24H36O3S/c1-21(2)19-8-6-16-17-7-9-20(26-15-28-5)22(17,3)11-10-18(16)23(19)12-13-24(21,25-4)27-14-23/h6,8,17-18,20H,7,9-15H2,1-5H3. The van der Waals surface area contributed by atoms with Crippen molar-refractivity contribution in [1.82, 2.24) is 0 Å². The number of thioether (sulfide) groups is 1. The van der Waals surface area contributed by atoms with Crippen molar-refractivity contribution < 1.29 is 14.2 Å². The zero-order valence-corrected chi connectivity index (χ0v) is 19.0. The minimum absolute atomic E-state index is 0.0687. The highest BCUT2D eigenvalue weighted by Gasteiger charge is 2.68. The predicted octanol–water partition coefficient (Wildman–Crippen LogP) is 5.56. The van der Waals surface area contributed by atoms with E-state index in [0.717, 1.165) is 19.0 Å². The van der Waals surface area contributed by atoms with Crippen molar-refractivity contribution in [3.63, 3.8) is 0 Å². The Bertz CT molecular complexity index is 715. The van der Waals surface area contributed by atoms with E-state index < -0.39 is 5.79 Å². The largest absolute Gasteiger partial charge is 0.367 e. The van der Waals surface area contributed by atoms with E-state index in [2.05, 4.69) is 39.2 Å². The molecule has 2 aliphatic heterocycles. The summed E-state index contributed by atoms with van der Waals surface area (Å²) in [7, 11) is 1.82. The monoisotopic (exact) mass is 404 g/mol. The van der Waals surface area contributed by atoms with Crippen LogP contribution < -0.4 is 0 Å². The molecule has 0 aromatic rings. The van der Waals surface area contributed by atoms with Gasteiger partial charge in [0.05, 0.1) is 18.6 Å². The van der Waals surface area contributed by atoms with E-state index in [-0.39, 0.29) is 10.8 Å². The third kappa shape index (κ3) is 2.24. The van der Waals surface area contributed by atoms with Gasteiger partial charge < -0.3 is 14.2 Å². The summed E-state index contributed by atoms with van der Waals surface area (Å²) >= 11 is 1.80. The molecule has 1 spiro atoms. The maximum absolute atomic E-state index is 6.53. The molecular weight excluding hydrogens is 368 g/mol. The number of hydrogen-bond acceptors (Lipinski definition) is 4. The Morgan fingerprint density at radius 2 is 1.89 bits per heavy atom. The fraction of sp³-hybridized carbons (Fsp3) is 0.833. The van der Waals surface area contributed by atoms with Crippen molar-refractivity contribution in [2.24, 2.45) is 28.1 Å². The van der Waals surface area contributed by atoms with Crippen LogP contribution in [-0.4, -0.2) is 37.8 Å². The highest BCUT2D eigenvalue weighted by atomic mass is 32.2. The normalized spacial score (nSPS) is 48.4. The molecule has 6 rings (SSSR count). The first-order valence-electron chi connectivity index (χ1n) is 11.1. The van der Waals surface area contributed by atoms with Crippen molar-refractivity contribution in [1.29, 1.82) is 0 Å². The van der Waals surface area contributed by atoms with Gasteiger partial charge in [-0.1, -0.05) is 44.1 Å². The Balaban J connectivity index is 1.53. The van der Waals surface area contributed by atoms with Crippen LogP contribution in [0.25, 0.3) is 0 Å². The summed E-state index contributed by atoms with van der Waals surface area (Å²) in [5.41, 5.74) is 3.72. The molecule has 2 bridgehead atoms. The predicted molar refractivity (Wildman–Crippen MR) is 114 cm³/mol. The number of rotatable bonds is 4. The summed E-state index contributed by atoms with van der Waals surface area (Å²) in [5, 5.41) is 0. The van der Waals surface area contributed by atoms with Crippen molar-refractivity contribution >= 4 is 11.8 Å². The molecule has 3 nitrogen and oxygen atoms in total. The fourth-order valence-corrected chi connectivity index (χ4v) is 8.24. The van der Waals surface area contributed by atoms with Gasteiger partial charge >= 0.3 is 0 Å². The Morgan fingerprint density at radius 3 is 2.57 bits per heavy atom. The van der Waals surface area contributed by atoms with Crippen LogP contribution in [0.5, 0.6) is 0 Å². The second-order valence-electron chi connectivity index (χ2n) is 10.6. The van der Waals surface area contributed by atoms with Gasteiger partial charge in [-0.05, 0) is 50.2 Å². The van der Waals surface area contributed by atoms with E-state index in [0.29, 0.717) is 23.4 Å². The first-order valence-corrected chi connectivity index (χ1v) is 12.5. The molecule has 0 aromatic heterocycles. The van der Waals surface area contributed by atoms with E-state index in [1.807, 2.05) is 7.11 Å². The number of ether oxygens (including phenoxy) is 3. The van der Waals surface area contributed by atoms with Crippen molar-refractivity contribution in [2.45, 2.75) is 71.2 Å². The van der Waals surface area contributed by atoms with Gasteiger partial charge in [-0.2, -0.15) is 0 Å². The molecular formula is C24H36O3S. The first kappa shape index (κ1) is 19.7. The van der Waals surface area contributed by atoms with E-state index in [4.69, 9.17) is 14.2 Å². The Morgan fingerprint density at radius 1 is 1.07 bits per heavy atom. The smallest absolute Gasteiger partial charge is 0.176 e. The van der Waals surface area contributed by atoms with Gasteiger partial charge in [0.2, 0.25) is 0 Å². The lowest BCUT2D eigenvalue weighted by Gasteiger charge is -2.66. The number of allylic oxidation sites excluding steroid dienone is 3. The molecule has 0 aromatic carbocycles. The summed E-state index contributed by atoms with van der Waals surface area (Å²) in [6.07, 6.45) is 14.8. The van der Waals surface area contributed by atoms with Crippen LogP contribution in [0.15, 0.2) is 23.3 Å². The minimum atomic E-state index is -0.445. The van der Waals surface area contributed by atoms with Crippen LogP contribution in [-0.2, 0) is 14.2 Å². The zero-order chi connectivity index (χ0) is 19.8. The molecule has 156 valence electrons. The number of hydrogen-bond donors (Lipinski definition) is 0. The summed E-state index contributed by atoms with van der Waals surface area (Å²) in [6.45, 7) is 8.00. The third-order valence-corrected chi connectivity index (χ3v) is 9.85. The third-order valence-electron chi connectivity index (χ3n) is 9.48. The highest BCUT2D eigenvalue weighted by Crippen LogP contribution is 2.70. The van der Waals surface area contributed by atoms with Gasteiger partial charge in [-0.3, -0.25) is 0 Å². The lowest BCUT2D eigenvalue weighted by molar-refractivity contribution is -0.339. The number of methoxy groups -OCH3 is 1. The number of fused-ring (bicyclic) bond motifs is 5. The molecule has 28 heavy (non-hydrogen) atoms. The minimum Gasteiger partial charge on any atom is -0.367 e. The van der Waals surface area contributed by atoms with Crippen LogP contribution in [0, 0.1) is 28.1 Å². The van der Waals surface area contributed by atoms with E-state index in [1.54, 1.807) is 22.9 Å². The molecule has 4 aliphatic carbocycles. The maximum Gasteiger partial charge on any atom is 0.176 e. The second kappa shape index (κ2) is 6.35. The van der Waals surface area contributed by atoms with Crippen LogP contribution in [0.4, 0.5) is 0 Å². The Labute approximate surface area is 174 Å². The van der Waals surface area contributed by atoms with Crippen molar-refractivity contribution in [3.05, 3.63) is 23.3 Å². The molecule has 0 radical (unpaired) electrons. The van der Waals surface area contributed by atoms with Gasteiger partial charge in [-0.25, -0.2) is 0 Å². The van der Waals surface area contributed by atoms with Crippen LogP contribution in [0.2, 0.25) is 0 Å². The summed E-state index contributed by atoms with van der Waals surface area (Å²) in [6, 6.07) is 0. The topological polar surface area (TPSA) is 27.7 Å².